The predicted octanol–water partition coefficient (Wildman–Crippen LogP) is 4.08. The summed E-state index contributed by atoms with van der Waals surface area (Å²) in [4.78, 5) is 18.2. The van der Waals surface area contributed by atoms with Crippen LogP contribution in [0.2, 0.25) is 0 Å². The Morgan fingerprint density at radius 2 is 2.06 bits per heavy atom. The summed E-state index contributed by atoms with van der Waals surface area (Å²) in [5.41, 5.74) is 19.4. The van der Waals surface area contributed by atoms with E-state index in [0.29, 0.717) is 25.0 Å². The Balaban J connectivity index is 1.70. The molecule has 1 aromatic carbocycles. The Bertz CT molecular complexity index is 996. The number of hydrogen-bond donors (Lipinski definition) is 5. The van der Waals surface area contributed by atoms with Gasteiger partial charge in [-0.05, 0) is 89.5 Å². The van der Waals surface area contributed by atoms with E-state index in [9.17, 15) is 9.90 Å². The number of aromatic carboxylic acids is 1. The van der Waals surface area contributed by atoms with Gasteiger partial charge in [0.25, 0.3) is 0 Å². The van der Waals surface area contributed by atoms with Crippen molar-refractivity contribution in [2.45, 2.75) is 65.3 Å². The summed E-state index contributed by atoms with van der Waals surface area (Å²) in [7, 11) is 0. The van der Waals surface area contributed by atoms with Crippen LogP contribution in [0.3, 0.4) is 0 Å². The predicted molar refractivity (Wildman–Crippen MR) is 147 cm³/mol. The van der Waals surface area contributed by atoms with E-state index in [2.05, 4.69) is 31.9 Å². The van der Waals surface area contributed by atoms with Crippen molar-refractivity contribution in [2.24, 2.45) is 16.6 Å². The molecule has 1 unspecified atom stereocenters. The number of nitrogens with one attached hydrogen (secondary N) is 4. The van der Waals surface area contributed by atoms with Crippen LogP contribution in [0.15, 0.2) is 46.5 Å². The first-order valence-electron chi connectivity index (χ1n) is 12.8. The molecule has 1 fully saturated rings. The summed E-state index contributed by atoms with van der Waals surface area (Å²) in [6, 6.07) is 5.54. The lowest BCUT2D eigenvalue weighted by atomic mass is 9.80. The summed E-state index contributed by atoms with van der Waals surface area (Å²) >= 11 is 0. The van der Waals surface area contributed by atoms with Gasteiger partial charge in [-0.2, -0.15) is 0 Å². The molecule has 4 atom stereocenters. The van der Waals surface area contributed by atoms with Gasteiger partial charge >= 0.3 is 5.97 Å². The first-order chi connectivity index (χ1) is 17.2. The van der Waals surface area contributed by atoms with Gasteiger partial charge < -0.3 is 32.5 Å². The summed E-state index contributed by atoms with van der Waals surface area (Å²) in [5.74, 6) is -0.177. The van der Waals surface area contributed by atoms with Gasteiger partial charge in [-0.1, -0.05) is 23.3 Å². The number of rotatable bonds is 11. The van der Waals surface area contributed by atoms with Gasteiger partial charge in [0.05, 0.1) is 12.1 Å². The van der Waals surface area contributed by atoms with Crippen LogP contribution in [0.4, 0.5) is 5.69 Å². The number of likely N-dealkylation sites (tertiary alicyclic amines) is 1. The minimum Gasteiger partial charge on any atom is -0.650 e. The molecule has 9 nitrogen and oxygen atoms in total. The second-order valence-corrected chi connectivity index (χ2v) is 10.2. The molecule has 2 heterocycles. The molecule has 7 N–H and O–H groups in total. The van der Waals surface area contributed by atoms with Crippen molar-refractivity contribution in [3.63, 3.8) is 0 Å². The summed E-state index contributed by atoms with van der Waals surface area (Å²) in [6.45, 7) is 10.9. The number of anilines is 1. The average molecular weight is 497 g/mol. The fourth-order valence-electron chi connectivity index (χ4n) is 5.04. The van der Waals surface area contributed by atoms with Gasteiger partial charge in [0.1, 0.15) is 0 Å². The van der Waals surface area contributed by atoms with Crippen LogP contribution in [0.5, 0.6) is 0 Å². The zero-order valence-corrected chi connectivity index (χ0v) is 22.0. The number of nitrogens with zero attached hydrogens (tertiary/aromatic N) is 2. The third kappa shape index (κ3) is 7.32. The van der Waals surface area contributed by atoms with Crippen LogP contribution in [-0.2, 0) is 0 Å². The standard InChI is InChI=1S/C27H42N7O2/c1-17(2)9-13-31-26(28)30-12-5-6-22-20-11-15-34(27(29)32-14-10-18(3)4)24(20)21-16-19(25(35)36)7-8-23(21)33-22/h7-10,16,20,22,24,27,29,32-33H,5-6,11-15H2,1-4H3,(H,35,36)(H3,28,30,31)/q-1/t20-,22-,24-,27?/m0/s1. The number of carboxylic acid groups (broad SMARTS) is 1. The first-order valence-corrected chi connectivity index (χ1v) is 12.8. The van der Waals surface area contributed by atoms with Crippen molar-refractivity contribution in [3.8, 4) is 0 Å². The fraction of sp³-hybridized carbons (Fsp3) is 0.556. The fourth-order valence-corrected chi connectivity index (χ4v) is 5.04. The molecule has 198 valence electrons. The van der Waals surface area contributed by atoms with Gasteiger partial charge in [0.2, 0.25) is 0 Å². The van der Waals surface area contributed by atoms with Gasteiger partial charge in [-0.25, -0.2) is 9.79 Å². The van der Waals surface area contributed by atoms with Crippen LogP contribution in [0, 0.1) is 5.92 Å². The number of carboxylic acids is 1. The van der Waals surface area contributed by atoms with Gasteiger partial charge in [0, 0.05) is 30.9 Å². The Labute approximate surface area is 215 Å². The molecular weight excluding hydrogens is 454 g/mol. The molecule has 0 aliphatic carbocycles. The zero-order valence-electron chi connectivity index (χ0n) is 22.0. The SMILES string of the molecule is CC(C)=CCN=C(N)NCCC[C@@H]1Nc2ccc(C(=O)O)cc2[C@@H]2[C@H]1CCN2C([NH-])NCC=C(C)C. The number of benzene rings is 1. The molecule has 0 bridgehead atoms. The van der Waals surface area contributed by atoms with Crippen LogP contribution >= 0.6 is 0 Å². The number of carbonyl (C=O) groups is 1. The molecule has 9 heteroatoms. The molecule has 0 spiro atoms. The van der Waals surface area contributed by atoms with E-state index in [0.717, 1.165) is 43.6 Å². The van der Waals surface area contributed by atoms with Crippen LogP contribution in [-0.4, -0.2) is 60.4 Å². The maximum atomic E-state index is 11.7. The lowest BCUT2D eigenvalue weighted by Crippen LogP contribution is -2.46. The first kappa shape index (κ1) is 27.7. The van der Waals surface area contributed by atoms with Crippen molar-refractivity contribution in [2.75, 3.05) is 31.5 Å². The van der Waals surface area contributed by atoms with E-state index in [1.165, 1.54) is 11.1 Å². The molecule has 2 aliphatic rings. The zero-order chi connectivity index (χ0) is 26.2. The van der Waals surface area contributed by atoms with Crippen molar-refractivity contribution >= 4 is 17.6 Å². The van der Waals surface area contributed by atoms with Crippen LogP contribution in [0.25, 0.3) is 5.73 Å². The molecule has 0 amide bonds. The monoisotopic (exact) mass is 496 g/mol. The van der Waals surface area contributed by atoms with E-state index < -0.39 is 12.3 Å². The molecule has 0 aromatic heterocycles. The second-order valence-electron chi connectivity index (χ2n) is 10.2. The smallest absolute Gasteiger partial charge is 0.335 e. The Morgan fingerprint density at radius 3 is 2.75 bits per heavy atom. The van der Waals surface area contributed by atoms with Gasteiger partial charge in [0.15, 0.2) is 5.96 Å². The maximum Gasteiger partial charge on any atom is 0.335 e. The third-order valence-electron chi connectivity index (χ3n) is 6.87. The van der Waals surface area contributed by atoms with E-state index in [-0.39, 0.29) is 17.6 Å². The van der Waals surface area contributed by atoms with E-state index >= 15 is 0 Å². The minimum absolute atomic E-state index is 0.00378. The quantitative estimate of drug-likeness (QED) is 0.135. The highest BCUT2D eigenvalue weighted by molar-refractivity contribution is 5.88. The topological polar surface area (TPSA) is 139 Å². The van der Waals surface area contributed by atoms with Crippen molar-refractivity contribution in [3.05, 3.63) is 58.4 Å². The number of aliphatic imine (C=N–C) groups is 1. The largest absolute Gasteiger partial charge is 0.650 e. The molecule has 2 aliphatic heterocycles. The third-order valence-corrected chi connectivity index (χ3v) is 6.87. The second kappa shape index (κ2) is 12.9. The number of fused-ring (bicyclic) bond motifs is 3. The van der Waals surface area contributed by atoms with Crippen LogP contribution in [0.1, 0.15) is 68.9 Å². The van der Waals surface area contributed by atoms with E-state index in [1.54, 1.807) is 12.1 Å². The lowest BCUT2D eigenvalue weighted by Gasteiger charge is -2.44. The highest BCUT2D eigenvalue weighted by atomic mass is 16.4. The maximum absolute atomic E-state index is 11.7. The Hall–Kier alpha value is -2.88. The Kier molecular flexibility index (Phi) is 9.92. The van der Waals surface area contributed by atoms with Gasteiger partial charge in [-0.15, -0.1) is 0 Å². The highest BCUT2D eigenvalue weighted by Gasteiger charge is 2.44. The lowest BCUT2D eigenvalue weighted by molar-refractivity contribution is 0.0696. The molecule has 36 heavy (non-hydrogen) atoms. The Morgan fingerprint density at radius 1 is 1.31 bits per heavy atom. The molecule has 0 saturated carbocycles. The normalized spacial score (nSPS) is 22.1. The molecule has 3 rings (SSSR count). The van der Waals surface area contributed by atoms with Gasteiger partial charge in [-0.3, -0.25) is 4.90 Å². The van der Waals surface area contributed by atoms with Crippen molar-refractivity contribution < 1.29 is 9.90 Å². The molecule has 1 aromatic rings. The van der Waals surface area contributed by atoms with Crippen LogP contribution < -0.4 is 21.7 Å². The highest BCUT2D eigenvalue weighted by Crippen LogP contribution is 2.48. The van der Waals surface area contributed by atoms with Crippen molar-refractivity contribution in [1.29, 1.82) is 0 Å². The molecule has 0 radical (unpaired) electrons. The number of hydrogen-bond acceptors (Lipinski definition) is 5. The van der Waals surface area contributed by atoms with E-state index in [1.807, 2.05) is 39.8 Å². The van der Waals surface area contributed by atoms with E-state index in [4.69, 9.17) is 11.5 Å². The summed E-state index contributed by atoms with van der Waals surface area (Å²) in [5, 5.41) is 19.8. The number of allylic oxidation sites excluding steroid dienone is 2. The number of guanidine groups is 1. The average Bonchev–Trinajstić information content (AvgIpc) is 3.27. The summed E-state index contributed by atoms with van der Waals surface area (Å²) < 4.78 is 0. The molecular formula is C27H42N7O2-. The molecule has 1 saturated heterocycles. The number of nitrogens with two attached hydrogens (primary N) is 1. The minimum atomic E-state index is -0.931. The van der Waals surface area contributed by atoms with Crippen molar-refractivity contribution in [1.82, 2.24) is 15.5 Å². The summed E-state index contributed by atoms with van der Waals surface area (Å²) in [6.07, 6.45) is 6.38.